The van der Waals surface area contributed by atoms with Gasteiger partial charge in [0.25, 0.3) is 0 Å². The fourth-order valence-corrected chi connectivity index (χ4v) is 3.97. The van der Waals surface area contributed by atoms with Crippen LogP contribution in [0.1, 0.15) is 43.8 Å². The van der Waals surface area contributed by atoms with Gasteiger partial charge in [-0.15, -0.1) is 0 Å². The second-order valence-electron chi connectivity index (χ2n) is 6.69. The highest BCUT2D eigenvalue weighted by molar-refractivity contribution is 5.21. The van der Waals surface area contributed by atoms with Gasteiger partial charge in [-0.3, -0.25) is 4.90 Å². The highest BCUT2D eigenvalue weighted by atomic mass is 19.1. The highest BCUT2D eigenvalue weighted by Gasteiger charge is 2.32. The Kier molecular flexibility index (Phi) is 5.62. The highest BCUT2D eigenvalue weighted by Crippen LogP contribution is 2.31. The smallest absolute Gasteiger partial charge is 0.131 e. The lowest BCUT2D eigenvalue weighted by molar-refractivity contribution is -0.00426. The Morgan fingerprint density at radius 3 is 2.70 bits per heavy atom. The van der Waals surface area contributed by atoms with E-state index in [9.17, 15) is 13.9 Å². The van der Waals surface area contributed by atoms with E-state index < -0.39 is 17.7 Å². The molecular weight excluding hydrogens is 300 g/mol. The van der Waals surface area contributed by atoms with Crippen molar-refractivity contribution in [3.63, 3.8) is 0 Å². The quantitative estimate of drug-likeness (QED) is 0.922. The van der Waals surface area contributed by atoms with E-state index in [1.165, 1.54) is 18.6 Å². The van der Waals surface area contributed by atoms with Gasteiger partial charge in [0.2, 0.25) is 0 Å². The van der Waals surface area contributed by atoms with Crippen molar-refractivity contribution in [1.29, 1.82) is 0 Å². The van der Waals surface area contributed by atoms with Crippen LogP contribution in [0.3, 0.4) is 0 Å². The van der Waals surface area contributed by atoms with Crippen molar-refractivity contribution in [1.82, 2.24) is 4.90 Å². The lowest BCUT2D eigenvalue weighted by Gasteiger charge is -2.42. The SMILES string of the molecule is O[C@@H](CN1CCCCC1C1CCOCC1)c1ccc(F)cc1F. The molecule has 2 heterocycles. The van der Waals surface area contributed by atoms with Crippen molar-refractivity contribution < 1.29 is 18.6 Å². The van der Waals surface area contributed by atoms with Gasteiger partial charge in [0, 0.05) is 37.4 Å². The number of rotatable bonds is 4. The van der Waals surface area contributed by atoms with Gasteiger partial charge in [0.1, 0.15) is 11.6 Å². The molecule has 2 aliphatic rings. The van der Waals surface area contributed by atoms with Crippen molar-refractivity contribution in [2.75, 3.05) is 26.3 Å². The number of ether oxygens (including phenoxy) is 1. The Balaban J connectivity index is 1.68. The summed E-state index contributed by atoms with van der Waals surface area (Å²) in [4.78, 5) is 2.30. The van der Waals surface area contributed by atoms with Crippen LogP contribution in [-0.4, -0.2) is 42.4 Å². The third kappa shape index (κ3) is 4.08. The van der Waals surface area contributed by atoms with Crippen LogP contribution in [0.4, 0.5) is 8.78 Å². The molecule has 0 saturated carbocycles. The minimum absolute atomic E-state index is 0.183. The summed E-state index contributed by atoms with van der Waals surface area (Å²) in [7, 11) is 0. The minimum Gasteiger partial charge on any atom is -0.387 e. The fourth-order valence-electron chi connectivity index (χ4n) is 3.97. The van der Waals surface area contributed by atoms with Crippen LogP contribution >= 0.6 is 0 Å². The molecule has 1 unspecified atom stereocenters. The van der Waals surface area contributed by atoms with Gasteiger partial charge in [0.05, 0.1) is 6.10 Å². The van der Waals surface area contributed by atoms with Crippen molar-refractivity contribution in [2.45, 2.75) is 44.2 Å². The number of nitrogens with zero attached hydrogens (tertiary/aromatic N) is 1. The minimum atomic E-state index is -0.920. The van der Waals surface area contributed by atoms with Crippen molar-refractivity contribution >= 4 is 0 Å². The van der Waals surface area contributed by atoms with E-state index in [2.05, 4.69) is 4.90 Å². The van der Waals surface area contributed by atoms with Gasteiger partial charge in [-0.2, -0.15) is 0 Å². The molecule has 0 aliphatic carbocycles. The van der Waals surface area contributed by atoms with E-state index in [4.69, 9.17) is 4.74 Å². The number of benzene rings is 1. The molecule has 23 heavy (non-hydrogen) atoms. The second-order valence-corrected chi connectivity index (χ2v) is 6.69. The number of piperidine rings is 1. The zero-order valence-electron chi connectivity index (χ0n) is 13.4. The van der Waals surface area contributed by atoms with Crippen molar-refractivity contribution in [2.24, 2.45) is 5.92 Å². The summed E-state index contributed by atoms with van der Waals surface area (Å²) in [5.74, 6) is -0.692. The monoisotopic (exact) mass is 325 g/mol. The molecule has 0 aromatic heterocycles. The summed E-state index contributed by atoms with van der Waals surface area (Å²) in [6.07, 6.45) is 4.64. The number of β-amino-alcohol motifs (C(OH)–C–C–N with tert-alkyl or cyclic N) is 1. The number of hydrogen-bond donors (Lipinski definition) is 1. The third-order valence-corrected chi connectivity index (χ3v) is 5.20. The maximum absolute atomic E-state index is 13.9. The first-order chi connectivity index (χ1) is 11.1. The van der Waals surface area contributed by atoms with Crippen LogP contribution in [0.2, 0.25) is 0 Å². The van der Waals surface area contributed by atoms with Crippen LogP contribution in [-0.2, 0) is 4.74 Å². The predicted octanol–water partition coefficient (Wildman–Crippen LogP) is 3.28. The van der Waals surface area contributed by atoms with E-state index in [-0.39, 0.29) is 5.56 Å². The molecule has 2 atom stereocenters. The van der Waals surface area contributed by atoms with E-state index >= 15 is 0 Å². The van der Waals surface area contributed by atoms with Crippen LogP contribution in [0, 0.1) is 17.6 Å². The third-order valence-electron chi connectivity index (χ3n) is 5.20. The largest absolute Gasteiger partial charge is 0.387 e. The lowest BCUT2D eigenvalue weighted by Crippen LogP contribution is -2.47. The first-order valence-corrected chi connectivity index (χ1v) is 8.60. The average Bonchev–Trinajstić information content (AvgIpc) is 2.56. The average molecular weight is 325 g/mol. The van der Waals surface area contributed by atoms with Crippen molar-refractivity contribution in [3.05, 3.63) is 35.4 Å². The van der Waals surface area contributed by atoms with E-state index in [1.54, 1.807) is 0 Å². The molecule has 2 saturated heterocycles. The van der Waals surface area contributed by atoms with Gasteiger partial charge in [0.15, 0.2) is 0 Å². The topological polar surface area (TPSA) is 32.7 Å². The van der Waals surface area contributed by atoms with Crippen LogP contribution < -0.4 is 0 Å². The summed E-state index contributed by atoms with van der Waals surface area (Å²) in [5.41, 5.74) is 0.183. The Hall–Kier alpha value is -1.04. The maximum Gasteiger partial charge on any atom is 0.131 e. The Labute approximate surface area is 136 Å². The summed E-state index contributed by atoms with van der Waals surface area (Å²) >= 11 is 0. The zero-order valence-corrected chi connectivity index (χ0v) is 13.4. The van der Waals surface area contributed by atoms with Crippen LogP contribution in [0.5, 0.6) is 0 Å². The van der Waals surface area contributed by atoms with Crippen molar-refractivity contribution in [3.8, 4) is 0 Å². The molecule has 0 radical (unpaired) electrons. The molecule has 1 N–H and O–H groups in total. The molecule has 2 fully saturated rings. The molecule has 2 aliphatic heterocycles. The molecule has 128 valence electrons. The predicted molar refractivity (Wildman–Crippen MR) is 84.1 cm³/mol. The van der Waals surface area contributed by atoms with Gasteiger partial charge in [-0.25, -0.2) is 8.78 Å². The van der Waals surface area contributed by atoms with Gasteiger partial charge in [-0.05, 0) is 44.2 Å². The Bertz CT molecular complexity index is 520. The summed E-state index contributed by atoms with van der Waals surface area (Å²) in [6.45, 7) is 2.96. The molecular formula is C18H25F2NO2. The van der Waals surface area contributed by atoms with Crippen LogP contribution in [0.15, 0.2) is 18.2 Å². The lowest BCUT2D eigenvalue weighted by atomic mass is 9.85. The fraction of sp³-hybridized carbons (Fsp3) is 0.667. The van der Waals surface area contributed by atoms with E-state index in [0.29, 0.717) is 18.5 Å². The van der Waals surface area contributed by atoms with Gasteiger partial charge < -0.3 is 9.84 Å². The summed E-state index contributed by atoms with van der Waals surface area (Å²) in [5, 5.41) is 10.4. The summed E-state index contributed by atoms with van der Waals surface area (Å²) in [6, 6.07) is 3.83. The standard InChI is InChI=1S/C18H25F2NO2/c19-14-4-5-15(16(20)11-14)18(22)12-21-8-2-1-3-17(21)13-6-9-23-10-7-13/h4-5,11,13,17-18,22H,1-3,6-10,12H2/t17?,18-/m0/s1. The van der Waals surface area contributed by atoms with Gasteiger partial charge in [-0.1, -0.05) is 12.5 Å². The van der Waals surface area contributed by atoms with Gasteiger partial charge >= 0.3 is 0 Å². The number of aliphatic hydroxyl groups is 1. The molecule has 3 rings (SSSR count). The van der Waals surface area contributed by atoms with E-state index in [0.717, 1.165) is 51.5 Å². The second kappa shape index (κ2) is 7.69. The molecule has 1 aromatic carbocycles. The first-order valence-electron chi connectivity index (χ1n) is 8.60. The zero-order chi connectivity index (χ0) is 16.2. The molecule has 5 heteroatoms. The molecule has 0 amide bonds. The Morgan fingerprint density at radius 2 is 1.96 bits per heavy atom. The first kappa shape index (κ1) is 16.8. The number of hydrogen-bond acceptors (Lipinski definition) is 3. The van der Waals surface area contributed by atoms with E-state index in [1.807, 2.05) is 0 Å². The molecule has 0 spiro atoms. The molecule has 1 aromatic rings. The Morgan fingerprint density at radius 1 is 1.17 bits per heavy atom. The number of halogens is 2. The summed E-state index contributed by atoms with van der Waals surface area (Å²) < 4.78 is 32.4. The normalized spacial score (nSPS) is 25.4. The van der Waals surface area contributed by atoms with Crippen LogP contribution in [0.25, 0.3) is 0 Å². The molecule has 3 nitrogen and oxygen atoms in total. The molecule has 0 bridgehead atoms. The maximum atomic E-state index is 13.9. The number of aliphatic hydroxyl groups excluding tert-OH is 1. The number of likely N-dealkylation sites (tertiary alicyclic amines) is 1.